The van der Waals surface area contributed by atoms with Gasteiger partial charge in [0.1, 0.15) is 5.84 Å². The van der Waals surface area contributed by atoms with Gasteiger partial charge in [0.05, 0.1) is 6.54 Å². The lowest BCUT2D eigenvalue weighted by molar-refractivity contribution is 0.161. The predicted octanol–water partition coefficient (Wildman–Crippen LogP) is 1.78. The maximum atomic E-state index is 10.8. The molecule has 7 nitrogen and oxygen atoms in total. The molecule has 1 aromatic rings. The number of amides is 1. The molecule has 0 radical (unpaired) electrons. The number of piperidine rings is 1. The highest BCUT2D eigenvalue weighted by Crippen LogP contribution is 2.25. The van der Waals surface area contributed by atoms with Crippen molar-refractivity contribution in [2.75, 3.05) is 31.6 Å². The Morgan fingerprint density at radius 2 is 2.00 bits per heavy atom. The third-order valence-electron chi connectivity index (χ3n) is 4.07. The fraction of sp³-hybridized carbons (Fsp3) is 0.438. The van der Waals surface area contributed by atoms with Crippen LogP contribution in [0.1, 0.15) is 24.8 Å². The predicted molar refractivity (Wildman–Crippen MR) is 89.8 cm³/mol. The molecular weight excluding hydrogens is 294 g/mol. The number of amidine groups is 2. The number of para-hydroxylation sites is 1. The number of oxime groups is 1. The van der Waals surface area contributed by atoms with Gasteiger partial charge in [0.2, 0.25) is 0 Å². The van der Waals surface area contributed by atoms with Crippen molar-refractivity contribution in [2.24, 2.45) is 15.9 Å². The van der Waals surface area contributed by atoms with E-state index in [0.717, 1.165) is 43.0 Å². The topological polar surface area (TPSA) is 83.5 Å². The second-order valence-electron chi connectivity index (χ2n) is 5.77. The molecule has 0 unspecified atom stereocenters. The normalized spacial score (nSPS) is 19.9. The number of anilines is 1. The minimum absolute atomic E-state index is 0.433. The van der Waals surface area contributed by atoms with Gasteiger partial charge in [-0.2, -0.15) is 0 Å². The Balaban J connectivity index is 2.02. The third-order valence-corrected chi connectivity index (χ3v) is 4.07. The van der Waals surface area contributed by atoms with E-state index in [1.165, 1.54) is 6.42 Å². The Hall–Kier alpha value is -2.57. The van der Waals surface area contributed by atoms with Gasteiger partial charge in [0.25, 0.3) is 0 Å². The summed E-state index contributed by atoms with van der Waals surface area (Å²) in [5, 5.41) is 3.81. The number of benzodiazepines with no additional fused rings is 1. The van der Waals surface area contributed by atoms with E-state index in [1.807, 2.05) is 24.1 Å². The van der Waals surface area contributed by atoms with Crippen molar-refractivity contribution >= 4 is 23.5 Å². The lowest BCUT2D eigenvalue weighted by Crippen LogP contribution is -2.36. The highest BCUT2D eigenvalue weighted by atomic mass is 16.7. The maximum Gasteiger partial charge on any atom is 0.430 e. The smallest absolute Gasteiger partial charge is 0.366 e. The standard InChI is InChI=1S/C16H21N5O2/c1-20-11-14(19-23-16(17)22)18-15(21-9-5-2-6-10-21)12-7-3-4-8-13(12)20/h3-4,7-8H,2,5-6,9-11H2,1H3,(H2,17,22). The first-order valence-electron chi connectivity index (χ1n) is 7.82. The molecule has 122 valence electrons. The van der Waals surface area contributed by atoms with Crippen LogP contribution in [0, 0.1) is 0 Å². The highest BCUT2D eigenvalue weighted by Gasteiger charge is 2.24. The molecule has 0 bridgehead atoms. The molecule has 1 fully saturated rings. The number of rotatable bonds is 1. The van der Waals surface area contributed by atoms with Gasteiger partial charge in [-0.15, -0.1) is 0 Å². The number of hydrogen-bond donors (Lipinski definition) is 1. The van der Waals surface area contributed by atoms with Crippen LogP contribution in [-0.4, -0.2) is 49.3 Å². The zero-order valence-electron chi connectivity index (χ0n) is 13.2. The Labute approximate surface area is 135 Å². The monoisotopic (exact) mass is 315 g/mol. The van der Waals surface area contributed by atoms with Crippen LogP contribution >= 0.6 is 0 Å². The number of benzene rings is 1. The largest absolute Gasteiger partial charge is 0.430 e. The van der Waals surface area contributed by atoms with Gasteiger partial charge in [-0.05, 0) is 31.4 Å². The van der Waals surface area contributed by atoms with Crippen molar-refractivity contribution in [3.63, 3.8) is 0 Å². The molecule has 0 saturated carbocycles. The zero-order valence-corrected chi connectivity index (χ0v) is 13.2. The first-order valence-corrected chi connectivity index (χ1v) is 7.82. The van der Waals surface area contributed by atoms with E-state index < -0.39 is 6.09 Å². The summed E-state index contributed by atoms with van der Waals surface area (Å²) in [6, 6.07) is 8.14. The van der Waals surface area contributed by atoms with E-state index in [9.17, 15) is 4.79 Å². The zero-order chi connectivity index (χ0) is 16.2. The molecule has 2 aliphatic heterocycles. The lowest BCUT2D eigenvalue weighted by Gasteiger charge is -2.30. The van der Waals surface area contributed by atoms with Crippen molar-refractivity contribution in [2.45, 2.75) is 19.3 Å². The summed E-state index contributed by atoms with van der Waals surface area (Å²) >= 11 is 0. The number of hydrogen-bond acceptors (Lipinski definition) is 5. The van der Waals surface area contributed by atoms with Gasteiger partial charge in [0.15, 0.2) is 5.84 Å². The average Bonchev–Trinajstić information content (AvgIpc) is 2.71. The Kier molecular flexibility index (Phi) is 4.45. The molecule has 1 aromatic carbocycles. The molecule has 0 aliphatic carbocycles. The van der Waals surface area contributed by atoms with Crippen molar-refractivity contribution in [3.8, 4) is 0 Å². The van der Waals surface area contributed by atoms with E-state index in [4.69, 9.17) is 5.73 Å². The maximum absolute atomic E-state index is 10.8. The van der Waals surface area contributed by atoms with Crippen LogP contribution in [0.5, 0.6) is 0 Å². The van der Waals surface area contributed by atoms with Crippen LogP contribution in [0.15, 0.2) is 34.4 Å². The SMILES string of the molecule is CN1CC(=NOC(N)=O)N=C(N2CCCCC2)c2ccccc21. The molecule has 0 spiro atoms. The summed E-state index contributed by atoms with van der Waals surface area (Å²) in [7, 11) is 1.97. The summed E-state index contributed by atoms with van der Waals surface area (Å²) < 4.78 is 0. The third kappa shape index (κ3) is 3.44. The Morgan fingerprint density at radius 3 is 2.74 bits per heavy atom. The second-order valence-corrected chi connectivity index (χ2v) is 5.77. The van der Waals surface area contributed by atoms with Crippen molar-refractivity contribution in [1.29, 1.82) is 0 Å². The van der Waals surface area contributed by atoms with Gasteiger partial charge in [-0.3, -0.25) is 4.84 Å². The number of aliphatic imine (C=N–C) groups is 1. The number of nitrogens with zero attached hydrogens (tertiary/aromatic N) is 4. The summed E-state index contributed by atoms with van der Waals surface area (Å²) in [5.41, 5.74) is 7.16. The van der Waals surface area contributed by atoms with Crippen molar-refractivity contribution in [1.82, 2.24) is 4.90 Å². The number of carbonyl (C=O) groups excluding carboxylic acids is 1. The Bertz CT molecular complexity index is 650. The van der Waals surface area contributed by atoms with Gasteiger partial charge in [-0.25, -0.2) is 9.79 Å². The summed E-state index contributed by atoms with van der Waals surface area (Å²) in [5.74, 6) is 1.32. The van der Waals surface area contributed by atoms with Gasteiger partial charge >= 0.3 is 6.09 Å². The molecule has 2 heterocycles. The first-order chi connectivity index (χ1) is 11.1. The molecule has 0 atom stereocenters. The molecule has 3 rings (SSSR count). The minimum Gasteiger partial charge on any atom is -0.366 e. The van der Waals surface area contributed by atoms with Gasteiger partial charge in [-0.1, -0.05) is 17.3 Å². The highest BCUT2D eigenvalue weighted by molar-refractivity contribution is 6.12. The molecular formula is C16H21N5O2. The van der Waals surface area contributed by atoms with Crippen LogP contribution in [0.4, 0.5) is 10.5 Å². The van der Waals surface area contributed by atoms with E-state index in [0.29, 0.717) is 12.4 Å². The summed E-state index contributed by atoms with van der Waals surface area (Å²) in [6.07, 6.45) is 2.62. The number of carbonyl (C=O) groups is 1. The molecule has 0 aromatic heterocycles. The summed E-state index contributed by atoms with van der Waals surface area (Å²) in [6.45, 7) is 2.39. The first kappa shape index (κ1) is 15.3. The fourth-order valence-electron chi connectivity index (χ4n) is 3.00. The fourth-order valence-corrected chi connectivity index (χ4v) is 3.00. The van der Waals surface area contributed by atoms with Crippen LogP contribution in [-0.2, 0) is 4.84 Å². The van der Waals surface area contributed by atoms with Crippen molar-refractivity contribution < 1.29 is 9.63 Å². The second kappa shape index (κ2) is 6.68. The van der Waals surface area contributed by atoms with Gasteiger partial charge in [0, 0.05) is 31.4 Å². The van der Waals surface area contributed by atoms with Crippen LogP contribution in [0.25, 0.3) is 0 Å². The van der Waals surface area contributed by atoms with E-state index in [1.54, 1.807) is 0 Å². The minimum atomic E-state index is -0.934. The molecule has 2 N–H and O–H groups in total. The lowest BCUT2D eigenvalue weighted by atomic mass is 10.1. The van der Waals surface area contributed by atoms with Crippen LogP contribution in [0.3, 0.4) is 0 Å². The van der Waals surface area contributed by atoms with Crippen LogP contribution < -0.4 is 10.6 Å². The van der Waals surface area contributed by atoms with E-state index in [2.05, 4.69) is 32.0 Å². The number of primary amides is 1. The van der Waals surface area contributed by atoms with Crippen molar-refractivity contribution in [3.05, 3.63) is 29.8 Å². The number of likely N-dealkylation sites (N-methyl/N-ethyl adjacent to an activating group) is 1. The Morgan fingerprint density at radius 1 is 1.26 bits per heavy atom. The number of nitrogens with two attached hydrogens (primary N) is 1. The molecule has 2 aliphatic rings. The molecule has 7 heteroatoms. The number of likely N-dealkylation sites (tertiary alicyclic amines) is 1. The molecule has 1 saturated heterocycles. The van der Waals surface area contributed by atoms with E-state index in [-0.39, 0.29) is 0 Å². The van der Waals surface area contributed by atoms with Crippen LogP contribution in [0.2, 0.25) is 0 Å². The molecule has 23 heavy (non-hydrogen) atoms. The molecule has 1 amide bonds. The average molecular weight is 315 g/mol. The quantitative estimate of drug-likeness (QED) is 0.632. The summed E-state index contributed by atoms with van der Waals surface area (Å²) in [4.78, 5) is 24.4. The number of fused-ring (bicyclic) bond motifs is 1. The van der Waals surface area contributed by atoms with Gasteiger partial charge < -0.3 is 15.5 Å². The van der Waals surface area contributed by atoms with E-state index >= 15 is 0 Å².